The first-order valence-electron chi connectivity index (χ1n) is 10.1. The Morgan fingerprint density at radius 1 is 1.06 bits per heavy atom. The minimum absolute atomic E-state index is 0.0493. The number of sulfonamides is 1. The molecule has 168 valence electrons. The van der Waals surface area contributed by atoms with E-state index in [1.165, 1.54) is 11.4 Å². The van der Waals surface area contributed by atoms with Gasteiger partial charge in [0.15, 0.2) is 0 Å². The van der Waals surface area contributed by atoms with E-state index in [-0.39, 0.29) is 17.3 Å². The lowest BCUT2D eigenvalue weighted by Gasteiger charge is -2.20. The van der Waals surface area contributed by atoms with Crippen molar-refractivity contribution in [2.75, 3.05) is 19.0 Å². The van der Waals surface area contributed by atoms with Crippen molar-refractivity contribution in [3.63, 3.8) is 0 Å². The van der Waals surface area contributed by atoms with Crippen LogP contribution in [0.2, 0.25) is 5.02 Å². The fourth-order valence-electron chi connectivity index (χ4n) is 3.20. The lowest BCUT2D eigenvalue weighted by molar-refractivity contribution is 0.102. The van der Waals surface area contributed by atoms with E-state index in [1.54, 1.807) is 66.7 Å². The third-order valence-electron chi connectivity index (χ3n) is 4.90. The highest BCUT2D eigenvalue weighted by molar-refractivity contribution is 7.89. The number of carbonyl (C=O) groups excluding carboxylic acids is 1. The number of amides is 1. The predicted octanol–water partition coefficient (Wildman–Crippen LogP) is 5.12. The van der Waals surface area contributed by atoms with Gasteiger partial charge in [-0.3, -0.25) is 4.79 Å². The highest BCUT2D eigenvalue weighted by Gasteiger charge is 2.22. The van der Waals surface area contributed by atoms with E-state index >= 15 is 0 Å². The summed E-state index contributed by atoms with van der Waals surface area (Å²) in [7, 11) is -2.19. The van der Waals surface area contributed by atoms with Gasteiger partial charge < -0.3 is 10.1 Å². The lowest BCUT2D eigenvalue weighted by atomic mass is 10.1. The van der Waals surface area contributed by atoms with Gasteiger partial charge >= 0.3 is 0 Å². The summed E-state index contributed by atoms with van der Waals surface area (Å²) in [5.74, 6) is 0.218. The van der Waals surface area contributed by atoms with Crippen LogP contribution in [0.15, 0.2) is 71.6 Å². The third-order valence-corrected chi connectivity index (χ3v) is 6.96. The quantitative estimate of drug-likeness (QED) is 0.493. The van der Waals surface area contributed by atoms with E-state index in [1.807, 2.05) is 13.8 Å². The van der Waals surface area contributed by atoms with Gasteiger partial charge in [0.2, 0.25) is 10.0 Å². The third kappa shape index (κ3) is 5.48. The molecule has 32 heavy (non-hydrogen) atoms. The Hall–Kier alpha value is -2.87. The van der Waals surface area contributed by atoms with E-state index in [9.17, 15) is 13.2 Å². The molecule has 0 aliphatic carbocycles. The maximum Gasteiger partial charge on any atom is 0.255 e. The smallest absolute Gasteiger partial charge is 0.255 e. The number of benzene rings is 3. The molecule has 0 radical (unpaired) electrons. The summed E-state index contributed by atoms with van der Waals surface area (Å²) in [5.41, 5.74) is 2.47. The molecule has 0 fully saturated rings. The summed E-state index contributed by atoms with van der Waals surface area (Å²) in [5, 5.41) is 3.46. The summed E-state index contributed by atoms with van der Waals surface area (Å²) in [6.07, 6.45) is 0. The van der Waals surface area contributed by atoms with E-state index in [0.29, 0.717) is 34.2 Å². The number of carbonyl (C=O) groups is 1. The molecule has 0 aromatic heterocycles. The Labute approximate surface area is 193 Å². The molecule has 6 nitrogen and oxygen atoms in total. The molecule has 3 aromatic rings. The van der Waals surface area contributed by atoms with E-state index in [2.05, 4.69) is 5.32 Å². The topological polar surface area (TPSA) is 75.7 Å². The standard InChI is InChI=1S/C24H25ClN2O4S/c1-4-31-23-13-10-18(24(28)26-22-12-11-20(25)14-17(22)2)15-19(23)16-27(3)32(29,30)21-8-6-5-7-9-21/h5-15H,4,16H2,1-3H3,(H,26,28). The molecule has 1 amide bonds. The van der Waals surface area contributed by atoms with Crippen LogP contribution in [0.1, 0.15) is 28.4 Å². The van der Waals surface area contributed by atoms with Crippen LogP contribution in [0.3, 0.4) is 0 Å². The molecule has 0 unspecified atom stereocenters. The normalized spacial score (nSPS) is 11.4. The molecule has 0 saturated carbocycles. The van der Waals surface area contributed by atoms with Crippen molar-refractivity contribution >= 4 is 33.2 Å². The van der Waals surface area contributed by atoms with Crippen LogP contribution < -0.4 is 10.1 Å². The number of nitrogens with zero attached hydrogens (tertiary/aromatic N) is 1. The van der Waals surface area contributed by atoms with Gasteiger partial charge in [0.1, 0.15) is 5.75 Å². The van der Waals surface area contributed by atoms with Crippen LogP contribution in [-0.4, -0.2) is 32.3 Å². The summed E-state index contributed by atoms with van der Waals surface area (Å²) >= 11 is 5.99. The van der Waals surface area contributed by atoms with Gasteiger partial charge in [0, 0.05) is 35.4 Å². The second-order valence-electron chi connectivity index (χ2n) is 7.24. The van der Waals surface area contributed by atoms with Gasteiger partial charge in [-0.1, -0.05) is 29.8 Å². The molecule has 0 aliphatic rings. The first-order chi connectivity index (χ1) is 15.2. The molecular formula is C24H25ClN2O4S. The Morgan fingerprint density at radius 2 is 1.78 bits per heavy atom. The van der Waals surface area contributed by atoms with Crippen molar-refractivity contribution in [1.82, 2.24) is 4.31 Å². The number of rotatable bonds is 8. The van der Waals surface area contributed by atoms with Gasteiger partial charge in [0.25, 0.3) is 5.91 Å². The minimum atomic E-state index is -3.70. The van der Waals surface area contributed by atoms with Crippen LogP contribution in [0.5, 0.6) is 5.75 Å². The number of ether oxygens (including phenoxy) is 1. The van der Waals surface area contributed by atoms with Gasteiger partial charge in [-0.15, -0.1) is 0 Å². The SMILES string of the molecule is CCOc1ccc(C(=O)Nc2ccc(Cl)cc2C)cc1CN(C)S(=O)(=O)c1ccccc1. The largest absolute Gasteiger partial charge is 0.494 e. The van der Waals surface area contributed by atoms with Crippen molar-refractivity contribution in [2.24, 2.45) is 0 Å². The Morgan fingerprint density at radius 3 is 2.44 bits per heavy atom. The van der Waals surface area contributed by atoms with Gasteiger partial charge in [-0.05, 0) is 67.9 Å². The molecule has 0 atom stereocenters. The molecule has 3 aromatic carbocycles. The number of anilines is 1. The zero-order valence-electron chi connectivity index (χ0n) is 18.1. The molecule has 0 aliphatic heterocycles. The Bertz CT molecular complexity index is 1210. The van der Waals surface area contributed by atoms with Crippen molar-refractivity contribution in [3.8, 4) is 5.75 Å². The first kappa shape index (κ1) is 23.8. The average molecular weight is 473 g/mol. The zero-order chi connectivity index (χ0) is 23.3. The number of halogens is 1. The van der Waals surface area contributed by atoms with Crippen molar-refractivity contribution in [3.05, 3.63) is 88.4 Å². The number of aryl methyl sites for hydroxylation is 1. The summed E-state index contributed by atoms with van der Waals surface area (Å²) in [6, 6.07) is 18.4. The molecule has 0 spiro atoms. The maximum absolute atomic E-state index is 12.9. The number of hydrogen-bond donors (Lipinski definition) is 1. The zero-order valence-corrected chi connectivity index (χ0v) is 19.7. The van der Waals surface area contributed by atoms with Crippen LogP contribution >= 0.6 is 11.6 Å². The highest BCUT2D eigenvalue weighted by atomic mass is 35.5. The van der Waals surface area contributed by atoms with Gasteiger partial charge in [-0.25, -0.2) is 8.42 Å². The summed E-state index contributed by atoms with van der Waals surface area (Å²) in [6.45, 7) is 4.16. The molecule has 0 bridgehead atoms. The molecule has 0 saturated heterocycles. The lowest BCUT2D eigenvalue weighted by Crippen LogP contribution is -2.27. The van der Waals surface area contributed by atoms with Crippen LogP contribution in [-0.2, 0) is 16.6 Å². The van der Waals surface area contributed by atoms with Gasteiger partial charge in [0.05, 0.1) is 11.5 Å². The number of hydrogen-bond acceptors (Lipinski definition) is 4. The van der Waals surface area contributed by atoms with E-state index in [4.69, 9.17) is 16.3 Å². The van der Waals surface area contributed by atoms with Crippen molar-refractivity contribution in [1.29, 1.82) is 0 Å². The van der Waals surface area contributed by atoms with Crippen molar-refractivity contribution in [2.45, 2.75) is 25.3 Å². The summed E-state index contributed by atoms with van der Waals surface area (Å²) in [4.78, 5) is 13.1. The van der Waals surface area contributed by atoms with Gasteiger partial charge in [-0.2, -0.15) is 4.31 Å². The Kier molecular flexibility index (Phi) is 7.56. The second kappa shape index (κ2) is 10.2. The molecule has 3 rings (SSSR count). The van der Waals surface area contributed by atoms with Crippen LogP contribution in [0, 0.1) is 6.92 Å². The molecular weight excluding hydrogens is 448 g/mol. The van der Waals surface area contributed by atoms with E-state index < -0.39 is 10.0 Å². The van der Waals surface area contributed by atoms with E-state index in [0.717, 1.165) is 5.56 Å². The predicted molar refractivity (Wildman–Crippen MR) is 127 cm³/mol. The molecule has 8 heteroatoms. The molecule has 0 heterocycles. The minimum Gasteiger partial charge on any atom is -0.494 e. The summed E-state index contributed by atoms with van der Waals surface area (Å²) < 4.78 is 32.8. The average Bonchev–Trinajstić information content (AvgIpc) is 2.77. The maximum atomic E-state index is 12.9. The first-order valence-corrected chi connectivity index (χ1v) is 11.9. The monoisotopic (exact) mass is 472 g/mol. The van der Waals surface area contributed by atoms with Crippen molar-refractivity contribution < 1.29 is 17.9 Å². The fraction of sp³-hybridized carbons (Fsp3) is 0.208. The Balaban J connectivity index is 1.88. The highest BCUT2D eigenvalue weighted by Crippen LogP contribution is 2.26. The van der Waals surface area contributed by atoms with Crippen LogP contribution in [0.25, 0.3) is 0 Å². The number of nitrogens with one attached hydrogen (secondary N) is 1. The second-order valence-corrected chi connectivity index (χ2v) is 9.72. The fourth-order valence-corrected chi connectivity index (χ4v) is 4.60. The van der Waals surface area contributed by atoms with Crippen LogP contribution in [0.4, 0.5) is 5.69 Å². The molecule has 1 N–H and O–H groups in total.